The molecule has 1 unspecified atom stereocenters. The van der Waals surface area contributed by atoms with E-state index in [9.17, 15) is 9.59 Å². The molecule has 0 radical (unpaired) electrons. The second kappa shape index (κ2) is 9.07. The first-order valence-corrected chi connectivity index (χ1v) is 8.27. The van der Waals surface area contributed by atoms with Crippen LogP contribution in [0.25, 0.3) is 0 Å². The highest BCUT2D eigenvalue weighted by atomic mass is 32.1. The number of nitrogens with one attached hydrogen (secondary N) is 2. The predicted molar refractivity (Wildman–Crippen MR) is 90.5 cm³/mol. The molecule has 0 aliphatic rings. The number of amides is 2. The van der Waals surface area contributed by atoms with Crippen molar-refractivity contribution in [1.82, 2.24) is 10.6 Å². The molecule has 1 aromatic carbocycles. The summed E-state index contributed by atoms with van der Waals surface area (Å²) in [6, 6.07) is 13.0. The van der Waals surface area contributed by atoms with Gasteiger partial charge in [-0.15, -0.1) is 11.3 Å². The van der Waals surface area contributed by atoms with Gasteiger partial charge < -0.3 is 15.4 Å². The molecule has 2 N–H and O–H groups in total. The van der Waals surface area contributed by atoms with Gasteiger partial charge in [0.15, 0.2) is 6.10 Å². The van der Waals surface area contributed by atoms with E-state index in [0.717, 1.165) is 5.56 Å². The van der Waals surface area contributed by atoms with Crippen molar-refractivity contribution in [1.29, 1.82) is 0 Å². The standard InChI is InChI=1S/C17H20N2O3S/c1-22-15(13-7-3-2-4-8-13)17(21)19-11-6-10-18-16(20)14-9-5-12-23-14/h2-5,7-9,12,15H,6,10-11H2,1H3,(H,18,20)(H,19,21). The van der Waals surface area contributed by atoms with Crippen molar-refractivity contribution in [2.24, 2.45) is 0 Å². The van der Waals surface area contributed by atoms with Crippen molar-refractivity contribution in [2.45, 2.75) is 12.5 Å². The van der Waals surface area contributed by atoms with Crippen molar-refractivity contribution in [2.75, 3.05) is 20.2 Å². The zero-order valence-corrected chi connectivity index (χ0v) is 13.8. The summed E-state index contributed by atoms with van der Waals surface area (Å²) < 4.78 is 5.26. The molecule has 23 heavy (non-hydrogen) atoms. The van der Waals surface area contributed by atoms with Crippen LogP contribution in [0.15, 0.2) is 47.8 Å². The lowest BCUT2D eigenvalue weighted by Crippen LogP contribution is -2.33. The summed E-state index contributed by atoms with van der Waals surface area (Å²) in [7, 11) is 1.51. The topological polar surface area (TPSA) is 67.4 Å². The van der Waals surface area contributed by atoms with Crippen molar-refractivity contribution in [3.8, 4) is 0 Å². The maximum absolute atomic E-state index is 12.1. The number of thiophene rings is 1. The zero-order chi connectivity index (χ0) is 16.5. The average molecular weight is 332 g/mol. The van der Waals surface area contributed by atoms with Gasteiger partial charge in [0.25, 0.3) is 11.8 Å². The van der Waals surface area contributed by atoms with Gasteiger partial charge in [0.1, 0.15) is 0 Å². The molecule has 0 spiro atoms. The van der Waals surface area contributed by atoms with Crippen LogP contribution in [0.2, 0.25) is 0 Å². The molecule has 0 bridgehead atoms. The van der Waals surface area contributed by atoms with Crippen LogP contribution in [0.1, 0.15) is 27.8 Å². The predicted octanol–water partition coefficient (Wildman–Crippen LogP) is 2.37. The van der Waals surface area contributed by atoms with E-state index >= 15 is 0 Å². The van der Waals surface area contributed by atoms with E-state index in [4.69, 9.17) is 4.74 Å². The lowest BCUT2D eigenvalue weighted by atomic mass is 10.1. The number of hydrogen-bond donors (Lipinski definition) is 2. The summed E-state index contributed by atoms with van der Waals surface area (Å²) in [6.45, 7) is 0.996. The third kappa shape index (κ3) is 5.19. The second-order valence-electron chi connectivity index (χ2n) is 4.90. The minimum atomic E-state index is -0.614. The van der Waals surface area contributed by atoms with Crippen molar-refractivity contribution >= 4 is 23.2 Å². The Morgan fingerprint density at radius 3 is 2.48 bits per heavy atom. The van der Waals surface area contributed by atoms with Crippen LogP contribution in [0.4, 0.5) is 0 Å². The summed E-state index contributed by atoms with van der Waals surface area (Å²) >= 11 is 1.41. The Morgan fingerprint density at radius 2 is 1.83 bits per heavy atom. The quantitative estimate of drug-likeness (QED) is 0.729. The van der Waals surface area contributed by atoms with Gasteiger partial charge in [-0.3, -0.25) is 9.59 Å². The highest BCUT2D eigenvalue weighted by Gasteiger charge is 2.18. The summed E-state index contributed by atoms with van der Waals surface area (Å²) in [6.07, 6.45) is 0.0468. The molecule has 1 aromatic heterocycles. The third-order valence-electron chi connectivity index (χ3n) is 3.26. The van der Waals surface area contributed by atoms with Crippen molar-refractivity contribution < 1.29 is 14.3 Å². The molecule has 0 fully saturated rings. The van der Waals surface area contributed by atoms with E-state index < -0.39 is 6.10 Å². The molecule has 0 saturated carbocycles. The minimum Gasteiger partial charge on any atom is -0.367 e. The van der Waals surface area contributed by atoms with Crippen LogP contribution in [0, 0.1) is 0 Å². The van der Waals surface area contributed by atoms with Gasteiger partial charge in [0, 0.05) is 20.2 Å². The van der Waals surface area contributed by atoms with Crippen LogP contribution < -0.4 is 10.6 Å². The van der Waals surface area contributed by atoms with Gasteiger partial charge in [-0.05, 0) is 23.4 Å². The molecule has 2 aromatic rings. The smallest absolute Gasteiger partial charge is 0.261 e. The number of benzene rings is 1. The summed E-state index contributed by atoms with van der Waals surface area (Å²) in [5, 5.41) is 7.52. The summed E-state index contributed by atoms with van der Waals surface area (Å²) in [5.74, 6) is -0.256. The highest BCUT2D eigenvalue weighted by molar-refractivity contribution is 7.12. The van der Waals surface area contributed by atoms with Crippen LogP contribution in [-0.2, 0) is 9.53 Å². The van der Waals surface area contributed by atoms with Gasteiger partial charge in [-0.1, -0.05) is 36.4 Å². The highest BCUT2D eigenvalue weighted by Crippen LogP contribution is 2.15. The number of carbonyl (C=O) groups is 2. The Morgan fingerprint density at radius 1 is 1.09 bits per heavy atom. The first-order valence-electron chi connectivity index (χ1n) is 7.39. The second-order valence-corrected chi connectivity index (χ2v) is 5.85. The lowest BCUT2D eigenvalue weighted by Gasteiger charge is -2.15. The molecule has 122 valence electrons. The molecule has 2 amide bonds. The third-order valence-corrected chi connectivity index (χ3v) is 4.13. The fourth-order valence-corrected chi connectivity index (χ4v) is 2.75. The average Bonchev–Trinajstić information content (AvgIpc) is 3.10. The van der Waals surface area contributed by atoms with E-state index in [-0.39, 0.29) is 11.8 Å². The zero-order valence-electron chi connectivity index (χ0n) is 13.0. The Bertz CT molecular complexity index is 614. The molecule has 0 aliphatic heterocycles. The van der Waals surface area contributed by atoms with Gasteiger partial charge in [-0.25, -0.2) is 0 Å². The van der Waals surface area contributed by atoms with Gasteiger partial charge in [0.2, 0.25) is 0 Å². The fourth-order valence-electron chi connectivity index (χ4n) is 2.11. The summed E-state index contributed by atoms with van der Waals surface area (Å²) in [5.41, 5.74) is 0.818. The largest absolute Gasteiger partial charge is 0.367 e. The van der Waals surface area contributed by atoms with Crippen molar-refractivity contribution in [3.63, 3.8) is 0 Å². The monoisotopic (exact) mass is 332 g/mol. The maximum atomic E-state index is 12.1. The normalized spacial score (nSPS) is 11.7. The fraction of sp³-hybridized carbons (Fsp3) is 0.294. The maximum Gasteiger partial charge on any atom is 0.261 e. The van der Waals surface area contributed by atoms with Crippen LogP contribution in [0.3, 0.4) is 0 Å². The lowest BCUT2D eigenvalue weighted by molar-refractivity contribution is -0.131. The minimum absolute atomic E-state index is 0.0784. The Labute approximate surface area is 139 Å². The Hall–Kier alpha value is -2.18. The molecule has 2 rings (SSSR count). The molecule has 0 saturated heterocycles. The number of ether oxygens (including phenoxy) is 1. The van der Waals surface area contributed by atoms with Crippen LogP contribution in [-0.4, -0.2) is 32.0 Å². The van der Waals surface area contributed by atoms with E-state index in [1.165, 1.54) is 18.4 Å². The number of hydrogen-bond acceptors (Lipinski definition) is 4. The van der Waals surface area contributed by atoms with Crippen LogP contribution in [0.5, 0.6) is 0 Å². The molecule has 5 nitrogen and oxygen atoms in total. The summed E-state index contributed by atoms with van der Waals surface area (Å²) in [4.78, 5) is 24.6. The Kier molecular flexibility index (Phi) is 6.77. The SMILES string of the molecule is COC(C(=O)NCCCNC(=O)c1cccs1)c1ccccc1. The van der Waals surface area contributed by atoms with Gasteiger partial charge in [0.05, 0.1) is 4.88 Å². The molecular formula is C17H20N2O3S. The van der Waals surface area contributed by atoms with Crippen LogP contribution >= 0.6 is 11.3 Å². The molecule has 6 heteroatoms. The van der Waals surface area contributed by atoms with Gasteiger partial charge >= 0.3 is 0 Å². The van der Waals surface area contributed by atoms with E-state index in [2.05, 4.69) is 10.6 Å². The van der Waals surface area contributed by atoms with E-state index in [0.29, 0.717) is 24.4 Å². The molecule has 1 atom stereocenters. The number of carbonyl (C=O) groups excluding carboxylic acids is 2. The van der Waals surface area contributed by atoms with E-state index in [1.807, 2.05) is 41.8 Å². The first kappa shape index (κ1) is 17.2. The number of methoxy groups -OCH3 is 1. The molecule has 0 aliphatic carbocycles. The Balaban J connectivity index is 1.69. The van der Waals surface area contributed by atoms with Crippen molar-refractivity contribution in [3.05, 3.63) is 58.3 Å². The molecule has 1 heterocycles. The van der Waals surface area contributed by atoms with Gasteiger partial charge in [-0.2, -0.15) is 0 Å². The first-order chi connectivity index (χ1) is 11.2. The number of rotatable bonds is 8. The van der Waals surface area contributed by atoms with E-state index in [1.54, 1.807) is 6.07 Å². The molecular weight excluding hydrogens is 312 g/mol.